The molecular formula is C25H25FN4O2S. The summed E-state index contributed by atoms with van der Waals surface area (Å²) in [6, 6.07) is 17.0. The molecule has 170 valence electrons. The molecule has 0 fully saturated rings. The van der Waals surface area contributed by atoms with Crippen LogP contribution in [0.15, 0.2) is 72.0 Å². The Morgan fingerprint density at radius 1 is 1.15 bits per heavy atom. The normalized spacial score (nSPS) is 12.0. The topological polar surface area (TPSA) is 69.0 Å². The molecule has 4 rings (SSSR count). The molecule has 0 aliphatic rings. The number of hydrogen-bond donors (Lipinski definition) is 1. The number of nitrogens with zero attached hydrogens (tertiary/aromatic N) is 3. The number of aromatic nitrogens is 3. The average Bonchev–Trinajstić information content (AvgIpc) is 3.18. The Bertz CT molecular complexity index is 1260. The molecule has 2 heterocycles. The first kappa shape index (κ1) is 22.8. The molecule has 0 radical (unpaired) electrons. The van der Waals surface area contributed by atoms with Crippen LogP contribution in [0.25, 0.3) is 11.2 Å². The Kier molecular flexibility index (Phi) is 7.24. The Morgan fingerprint density at radius 2 is 2.00 bits per heavy atom. The Labute approximate surface area is 196 Å². The number of nitrogens with one attached hydrogen (secondary N) is 1. The van der Waals surface area contributed by atoms with E-state index in [-0.39, 0.29) is 11.7 Å². The first-order valence-corrected chi connectivity index (χ1v) is 11.8. The minimum atomic E-state index is -0.533. The summed E-state index contributed by atoms with van der Waals surface area (Å²) >= 11 is 1.45. The predicted octanol–water partition coefficient (Wildman–Crippen LogP) is 5.85. The molecule has 0 spiro atoms. The maximum Gasteiger partial charge on any atom is 0.247 e. The number of hydrogen-bond acceptors (Lipinski definition) is 5. The molecule has 8 heteroatoms. The second-order valence-corrected chi connectivity index (χ2v) is 8.31. The maximum absolute atomic E-state index is 13.6. The van der Waals surface area contributed by atoms with Crippen molar-refractivity contribution in [2.45, 2.75) is 37.2 Å². The molecule has 0 unspecified atom stereocenters. The van der Waals surface area contributed by atoms with E-state index >= 15 is 0 Å². The lowest BCUT2D eigenvalue weighted by molar-refractivity contribution is -0.119. The molecule has 1 N–H and O–H groups in total. The molecule has 2 aromatic carbocycles. The van der Waals surface area contributed by atoms with Crippen molar-refractivity contribution >= 4 is 34.5 Å². The first-order valence-electron chi connectivity index (χ1n) is 10.8. The van der Waals surface area contributed by atoms with Crippen LogP contribution >= 0.6 is 11.8 Å². The number of imidazole rings is 1. The molecule has 1 atom stereocenters. The van der Waals surface area contributed by atoms with Gasteiger partial charge in [-0.1, -0.05) is 43.0 Å². The van der Waals surface area contributed by atoms with Crippen molar-refractivity contribution < 1.29 is 13.9 Å². The van der Waals surface area contributed by atoms with E-state index in [1.165, 1.54) is 23.9 Å². The molecule has 0 aliphatic heterocycles. The minimum absolute atomic E-state index is 0.179. The predicted molar refractivity (Wildman–Crippen MR) is 129 cm³/mol. The zero-order valence-corrected chi connectivity index (χ0v) is 19.3. The van der Waals surface area contributed by atoms with Gasteiger partial charge in [-0.2, -0.15) is 0 Å². The molecular weight excluding hydrogens is 439 g/mol. The summed E-state index contributed by atoms with van der Waals surface area (Å²) < 4.78 is 21.1. The van der Waals surface area contributed by atoms with Gasteiger partial charge in [0.05, 0.1) is 12.3 Å². The van der Waals surface area contributed by atoms with Gasteiger partial charge in [0.1, 0.15) is 23.1 Å². The van der Waals surface area contributed by atoms with Gasteiger partial charge in [0.25, 0.3) is 0 Å². The molecule has 2 aromatic heterocycles. The summed E-state index contributed by atoms with van der Waals surface area (Å²) in [6.07, 6.45) is 2.23. The number of rotatable bonds is 9. The van der Waals surface area contributed by atoms with E-state index in [0.717, 1.165) is 5.56 Å². The van der Waals surface area contributed by atoms with Crippen LogP contribution in [-0.4, -0.2) is 27.0 Å². The lowest BCUT2D eigenvalue weighted by Crippen LogP contribution is -2.26. The third kappa shape index (κ3) is 5.17. The van der Waals surface area contributed by atoms with Gasteiger partial charge < -0.3 is 10.1 Å². The van der Waals surface area contributed by atoms with E-state index < -0.39 is 6.04 Å². The van der Waals surface area contributed by atoms with Gasteiger partial charge in [-0.15, -0.1) is 0 Å². The average molecular weight is 465 g/mol. The van der Waals surface area contributed by atoms with Gasteiger partial charge >= 0.3 is 0 Å². The fourth-order valence-corrected chi connectivity index (χ4v) is 4.61. The van der Waals surface area contributed by atoms with Crippen LogP contribution in [-0.2, 0) is 10.5 Å². The van der Waals surface area contributed by atoms with Crippen LogP contribution in [0.3, 0.4) is 0 Å². The molecule has 0 aliphatic carbocycles. The largest absolute Gasteiger partial charge is 0.492 e. The van der Waals surface area contributed by atoms with Gasteiger partial charge in [0.2, 0.25) is 5.91 Å². The number of para-hydroxylation sites is 2. The summed E-state index contributed by atoms with van der Waals surface area (Å²) in [7, 11) is 0. The van der Waals surface area contributed by atoms with Crippen molar-refractivity contribution in [2.75, 3.05) is 11.9 Å². The molecule has 0 bridgehead atoms. The zero-order valence-electron chi connectivity index (χ0n) is 18.5. The number of fused-ring (bicyclic) bond motifs is 1. The number of carbonyl (C=O) groups excluding carboxylic acids is 1. The highest BCUT2D eigenvalue weighted by Gasteiger charge is 2.26. The summed E-state index contributed by atoms with van der Waals surface area (Å²) in [5, 5.41) is 3.67. The van der Waals surface area contributed by atoms with Crippen LogP contribution in [0.4, 0.5) is 10.1 Å². The van der Waals surface area contributed by atoms with Crippen LogP contribution in [0.2, 0.25) is 0 Å². The number of halogens is 1. The van der Waals surface area contributed by atoms with Crippen molar-refractivity contribution in [3.05, 3.63) is 78.2 Å². The van der Waals surface area contributed by atoms with Crippen molar-refractivity contribution in [1.82, 2.24) is 14.5 Å². The number of ether oxygens (including phenoxy) is 1. The van der Waals surface area contributed by atoms with E-state index in [2.05, 4.69) is 10.3 Å². The highest BCUT2D eigenvalue weighted by Crippen LogP contribution is 2.32. The number of carbonyl (C=O) groups is 1. The molecule has 33 heavy (non-hydrogen) atoms. The molecule has 1 amide bonds. The monoisotopic (exact) mass is 464 g/mol. The second-order valence-electron chi connectivity index (χ2n) is 7.37. The molecule has 0 saturated carbocycles. The lowest BCUT2D eigenvalue weighted by atomic mass is 10.2. The molecule has 4 aromatic rings. The third-order valence-corrected chi connectivity index (χ3v) is 6.14. The van der Waals surface area contributed by atoms with E-state index in [9.17, 15) is 9.18 Å². The number of anilines is 1. The summed E-state index contributed by atoms with van der Waals surface area (Å²) in [5.74, 6) is 0.688. The SMILES string of the molecule is CCOc1ccccc1NC(=O)[C@@H](CC)n1c(SCc2cccc(F)c2)nc2cccnc21. The van der Waals surface area contributed by atoms with Crippen molar-refractivity contribution in [2.24, 2.45) is 0 Å². The van der Waals surface area contributed by atoms with E-state index in [1.807, 2.05) is 60.9 Å². The van der Waals surface area contributed by atoms with E-state index in [0.29, 0.717) is 46.5 Å². The van der Waals surface area contributed by atoms with Gasteiger partial charge in [-0.25, -0.2) is 14.4 Å². The highest BCUT2D eigenvalue weighted by molar-refractivity contribution is 7.98. The number of pyridine rings is 1. The third-order valence-electron chi connectivity index (χ3n) is 5.12. The van der Waals surface area contributed by atoms with Crippen molar-refractivity contribution in [3.8, 4) is 5.75 Å². The number of benzene rings is 2. The lowest BCUT2D eigenvalue weighted by Gasteiger charge is -2.20. The van der Waals surface area contributed by atoms with E-state index in [4.69, 9.17) is 9.72 Å². The second kappa shape index (κ2) is 10.5. The minimum Gasteiger partial charge on any atom is -0.492 e. The molecule has 6 nitrogen and oxygen atoms in total. The Morgan fingerprint density at radius 3 is 2.79 bits per heavy atom. The fourth-order valence-electron chi connectivity index (χ4n) is 3.62. The number of amides is 1. The highest BCUT2D eigenvalue weighted by atomic mass is 32.2. The van der Waals surface area contributed by atoms with Crippen LogP contribution < -0.4 is 10.1 Å². The van der Waals surface area contributed by atoms with Crippen LogP contribution in [0.1, 0.15) is 31.9 Å². The van der Waals surface area contributed by atoms with E-state index in [1.54, 1.807) is 12.3 Å². The quantitative estimate of drug-likeness (QED) is 0.315. The maximum atomic E-state index is 13.6. The van der Waals surface area contributed by atoms with Gasteiger partial charge in [-0.05, 0) is 55.3 Å². The van der Waals surface area contributed by atoms with Gasteiger partial charge in [0, 0.05) is 11.9 Å². The Balaban J connectivity index is 1.66. The van der Waals surface area contributed by atoms with Gasteiger partial charge in [-0.3, -0.25) is 9.36 Å². The van der Waals surface area contributed by atoms with Gasteiger partial charge in [0.15, 0.2) is 10.8 Å². The fraction of sp³-hybridized carbons (Fsp3) is 0.240. The van der Waals surface area contributed by atoms with Crippen molar-refractivity contribution in [3.63, 3.8) is 0 Å². The van der Waals surface area contributed by atoms with Crippen LogP contribution in [0.5, 0.6) is 5.75 Å². The zero-order chi connectivity index (χ0) is 23.2. The summed E-state index contributed by atoms with van der Waals surface area (Å²) in [6.45, 7) is 4.36. The Hall–Kier alpha value is -3.39. The standard InChI is InChI=1S/C25H25FN4O2S/c1-3-21(24(31)28-19-11-5-6-13-22(19)32-4-2)30-23-20(12-8-14-27-23)29-25(30)33-16-17-9-7-10-18(26)15-17/h5-15,21H,3-4,16H2,1-2H3,(H,28,31)/t21-/m1/s1. The first-order chi connectivity index (χ1) is 16.1. The summed E-state index contributed by atoms with van der Waals surface area (Å²) in [5.41, 5.74) is 2.81. The smallest absolute Gasteiger partial charge is 0.247 e. The number of thioether (sulfide) groups is 1. The van der Waals surface area contributed by atoms with Crippen molar-refractivity contribution in [1.29, 1.82) is 0 Å². The summed E-state index contributed by atoms with van der Waals surface area (Å²) in [4.78, 5) is 22.6. The van der Waals surface area contributed by atoms with Crippen LogP contribution in [0, 0.1) is 5.82 Å². The molecule has 0 saturated heterocycles.